The van der Waals surface area contributed by atoms with E-state index in [-0.39, 0.29) is 11.5 Å². The average Bonchev–Trinajstić information content (AvgIpc) is 2.87. The van der Waals surface area contributed by atoms with Gasteiger partial charge in [0.1, 0.15) is 0 Å². The number of nitrogens with one attached hydrogen (secondary N) is 2. The van der Waals surface area contributed by atoms with Crippen molar-refractivity contribution in [2.75, 3.05) is 11.5 Å². The Morgan fingerprint density at radius 1 is 1.39 bits per heavy atom. The molecule has 6 nitrogen and oxygen atoms in total. The number of amides is 3. The van der Waals surface area contributed by atoms with Crippen LogP contribution in [0.1, 0.15) is 16.1 Å². The van der Waals surface area contributed by atoms with Crippen molar-refractivity contribution in [1.29, 1.82) is 0 Å². The summed E-state index contributed by atoms with van der Waals surface area (Å²) in [5, 5.41) is 6.38. The molecule has 0 aromatic carbocycles. The number of carbonyl (C=O) groups is 2. The third-order valence-electron chi connectivity index (χ3n) is 2.54. The third-order valence-corrected chi connectivity index (χ3v) is 5.18. The number of carbonyl (C=O) groups excluding carboxylic acids is 2. The summed E-state index contributed by atoms with van der Waals surface area (Å²) in [6, 6.07) is 2.25. The fourth-order valence-corrected chi connectivity index (χ4v) is 4.00. The molecule has 8 heteroatoms. The van der Waals surface area contributed by atoms with Crippen molar-refractivity contribution in [3.63, 3.8) is 0 Å². The fourth-order valence-electron chi connectivity index (χ4n) is 1.70. The van der Waals surface area contributed by atoms with Crippen LogP contribution >= 0.6 is 11.3 Å². The van der Waals surface area contributed by atoms with Gasteiger partial charge in [-0.15, -0.1) is 11.3 Å². The van der Waals surface area contributed by atoms with Gasteiger partial charge in [-0.05, 0) is 17.9 Å². The van der Waals surface area contributed by atoms with Crippen molar-refractivity contribution in [3.8, 4) is 0 Å². The molecule has 1 aromatic rings. The topological polar surface area (TPSA) is 92.3 Å². The summed E-state index contributed by atoms with van der Waals surface area (Å²) in [6.07, 6.45) is 0.392. The smallest absolute Gasteiger partial charge is 0.321 e. The molecule has 0 saturated carbocycles. The van der Waals surface area contributed by atoms with E-state index in [1.54, 1.807) is 17.5 Å². The molecule has 2 heterocycles. The number of thiophene rings is 1. The van der Waals surface area contributed by atoms with Crippen LogP contribution in [0.2, 0.25) is 0 Å². The average molecular weight is 288 g/mol. The summed E-state index contributed by atoms with van der Waals surface area (Å²) >= 11 is 1.23. The first-order valence-corrected chi connectivity index (χ1v) is 8.02. The molecule has 18 heavy (non-hydrogen) atoms. The van der Waals surface area contributed by atoms with Crippen LogP contribution in [0.4, 0.5) is 4.79 Å². The van der Waals surface area contributed by atoms with Crippen LogP contribution in [-0.2, 0) is 9.84 Å². The number of imide groups is 1. The molecule has 3 amide bonds. The molecule has 1 aliphatic heterocycles. The van der Waals surface area contributed by atoms with E-state index >= 15 is 0 Å². The van der Waals surface area contributed by atoms with Gasteiger partial charge in [0.2, 0.25) is 0 Å². The minimum Gasteiger partial charge on any atom is -0.334 e. The van der Waals surface area contributed by atoms with Gasteiger partial charge in [-0.1, -0.05) is 6.07 Å². The van der Waals surface area contributed by atoms with E-state index in [0.29, 0.717) is 11.3 Å². The molecule has 1 aliphatic rings. The molecule has 0 aliphatic carbocycles. The molecular formula is C10H12N2O4S2. The van der Waals surface area contributed by atoms with E-state index in [2.05, 4.69) is 10.6 Å². The lowest BCUT2D eigenvalue weighted by atomic mass is 10.3. The van der Waals surface area contributed by atoms with Gasteiger partial charge in [-0.25, -0.2) is 13.2 Å². The standard InChI is InChI=1S/C10H12N2O4S2/c13-9(8-2-1-4-17-8)12-10(14)11-7-3-5-18(15,16)6-7/h1-2,4,7H,3,5-6H2,(H2,11,12,13,14). The zero-order valence-corrected chi connectivity index (χ0v) is 11.0. The van der Waals surface area contributed by atoms with Gasteiger partial charge in [0.25, 0.3) is 5.91 Å². The third kappa shape index (κ3) is 3.30. The Hall–Kier alpha value is -1.41. The summed E-state index contributed by atoms with van der Waals surface area (Å²) < 4.78 is 22.4. The predicted octanol–water partition coefficient (Wildman–Crippen LogP) is 0.375. The molecule has 2 N–H and O–H groups in total. The highest BCUT2D eigenvalue weighted by Crippen LogP contribution is 2.11. The Labute approximate surface area is 108 Å². The zero-order valence-electron chi connectivity index (χ0n) is 9.38. The Kier molecular flexibility index (Phi) is 3.67. The van der Waals surface area contributed by atoms with Crippen molar-refractivity contribution in [2.24, 2.45) is 0 Å². The maximum atomic E-state index is 11.5. The summed E-state index contributed by atoms with van der Waals surface area (Å²) in [6.45, 7) is 0. The van der Waals surface area contributed by atoms with Gasteiger partial charge in [0.05, 0.1) is 16.4 Å². The normalized spacial score (nSPS) is 21.4. The molecule has 1 unspecified atom stereocenters. The van der Waals surface area contributed by atoms with E-state index in [1.165, 1.54) is 11.3 Å². The van der Waals surface area contributed by atoms with Gasteiger partial charge >= 0.3 is 6.03 Å². The summed E-state index contributed by atoms with van der Waals surface area (Å²) in [5.74, 6) is -0.465. The molecule has 2 rings (SSSR count). The van der Waals surface area contributed by atoms with Crippen molar-refractivity contribution in [1.82, 2.24) is 10.6 Å². The molecule has 0 bridgehead atoms. The first-order valence-electron chi connectivity index (χ1n) is 5.32. The Balaban J connectivity index is 1.85. The maximum absolute atomic E-state index is 11.5. The Bertz CT molecular complexity index is 550. The fraction of sp³-hybridized carbons (Fsp3) is 0.400. The second kappa shape index (κ2) is 5.07. The van der Waals surface area contributed by atoms with Crippen LogP contribution < -0.4 is 10.6 Å². The first kappa shape index (κ1) is 13.0. The number of sulfone groups is 1. The lowest BCUT2D eigenvalue weighted by molar-refractivity contribution is 0.0967. The molecule has 98 valence electrons. The quantitative estimate of drug-likeness (QED) is 0.822. The van der Waals surface area contributed by atoms with Crippen LogP contribution in [0.5, 0.6) is 0 Å². The highest BCUT2D eigenvalue weighted by Gasteiger charge is 2.29. The molecule has 0 spiro atoms. The van der Waals surface area contributed by atoms with Crippen LogP contribution in [0.15, 0.2) is 17.5 Å². The van der Waals surface area contributed by atoms with Crippen molar-refractivity contribution < 1.29 is 18.0 Å². The van der Waals surface area contributed by atoms with Crippen LogP contribution in [-0.4, -0.2) is 37.9 Å². The van der Waals surface area contributed by atoms with E-state index < -0.39 is 27.8 Å². The monoisotopic (exact) mass is 288 g/mol. The lowest BCUT2D eigenvalue weighted by Gasteiger charge is -2.10. The summed E-state index contributed by atoms with van der Waals surface area (Å²) in [7, 11) is -3.04. The molecule has 1 saturated heterocycles. The van der Waals surface area contributed by atoms with E-state index in [9.17, 15) is 18.0 Å². The van der Waals surface area contributed by atoms with Gasteiger partial charge in [-0.3, -0.25) is 10.1 Å². The van der Waals surface area contributed by atoms with Crippen LogP contribution in [0, 0.1) is 0 Å². The molecule has 1 atom stereocenters. The lowest BCUT2D eigenvalue weighted by Crippen LogP contribution is -2.44. The molecular weight excluding hydrogens is 276 g/mol. The van der Waals surface area contributed by atoms with Gasteiger partial charge < -0.3 is 5.32 Å². The van der Waals surface area contributed by atoms with E-state index in [0.717, 1.165) is 0 Å². The molecule has 0 radical (unpaired) electrons. The van der Waals surface area contributed by atoms with Crippen LogP contribution in [0.3, 0.4) is 0 Å². The minimum absolute atomic E-state index is 0.0619. The number of rotatable bonds is 2. The predicted molar refractivity (Wildman–Crippen MR) is 67.4 cm³/mol. The molecule has 1 fully saturated rings. The second-order valence-corrected chi connectivity index (χ2v) is 7.18. The largest absolute Gasteiger partial charge is 0.334 e. The Morgan fingerprint density at radius 2 is 2.17 bits per heavy atom. The number of hydrogen-bond donors (Lipinski definition) is 2. The second-order valence-electron chi connectivity index (χ2n) is 4.00. The number of hydrogen-bond acceptors (Lipinski definition) is 5. The first-order chi connectivity index (χ1) is 8.46. The van der Waals surface area contributed by atoms with Gasteiger partial charge in [0.15, 0.2) is 9.84 Å². The molecule has 1 aromatic heterocycles. The Morgan fingerprint density at radius 3 is 2.72 bits per heavy atom. The van der Waals surface area contributed by atoms with E-state index in [4.69, 9.17) is 0 Å². The highest BCUT2D eigenvalue weighted by atomic mass is 32.2. The minimum atomic E-state index is -3.04. The zero-order chi connectivity index (χ0) is 13.2. The highest BCUT2D eigenvalue weighted by molar-refractivity contribution is 7.91. The van der Waals surface area contributed by atoms with Crippen LogP contribution in [0.25, 0.3) is 0 Å². The van der Waals surface area contributed by atoms with Crippen molar-refractivity contribution >= 4 is 33.1 Å². The van der Waals surface area contributed by atoms with Gasteiger partial charge in [-0.2, -0.15) is 0 Å². The number of urea groups is 1. The SMILES string of the molecule is O=C(NC(=O)c1cccs1)NC1CCS(=O)(=O)C1. The van der Waals surface area contributed by atoms with E-state index in [1.807, 2.05) is 0 Å². The van der Waals surface area contributed by atoms with Crippen molar-refractivity contribution in [2.45, 2.75) is 12.5 Å². The summed E-state index contributed by atoms with van der Waals surface area (Å²) in [5.41, 5.74) is 0. The summed E-state index contributed by atoms with van der Waals surface area (Å²) in [4.78, 5) is 23.5. The van der Waals surface area contributed by atoms with Gasteiger partial charge in [0, 0.05) is 6.04 Å². The van der Waals surface area contributed by atoms with Crippen molar-refractivity contribution in [3.05, 3.63) is 22.4 Å². The maximum Gasteiger partial charge on any atom is 0.321 e.